The number of nitrogens with one attached hydrogen (secondary N) is 1. The minimum atomic E-state index is -0.162. The third-order valence-electron chi connectivity index (χ3n) is 1.82. The molecule has 0 saturated carbocycles. The molecule has 0 aliphatic carbocycles. The van der Waals surface area contributed by atoms with E-state index >= 15 is 0 Å². The van der Waals surface area contributed by atoms with Crippen LogP contribution in [0.1, 0.15) is 27.2 Å². The molecular weight excluding hydrogens is 140 g/mol. The minimum Gasteiger partial charge on any atom is -0.328 e. The molecule has 2 unspecified atom stereocenters. The van der Waals surface area contributed by atoms with Crippen LogP contribution in [0.25, 0.3) is 0 Å². The fourth-order valence-electron chi connectivity index (χ4n) is 0.813. The summed E-state index contributed by atoms with van der Waals surface area (Å²) in [6.45, 7) is 6.07. The normalized spacial score (nSPS) is 16.0. The predicted molar refractivity (Wildman–Crippen MR) is 46.4 cm³/mol. The van der Waals surface area contributed by atoms with Gasteiger partial charge in [-0.15, -0.1) is 0 Å². The number of carbonyl (C=O) groups is 1. The Hall–Kier alpha value is -0.410. The Balaban J connectivity index is 3.77. The fraction of sp³-hybridized carbons (Fsp3) is 0.875. The first kappa shape index (κ1) is 10.6. The van der Waals surface area contributed by atoms with Gasteiger partial charge in [-0.3, -0.25) is 4.79 Å². The molecule has 0 aromatic heterocycles. The van der Waals surface area contributed by atoms with Gasteiger partial charge in [0.1, 0.15) is 5.78 Å². The number of hydrogen-bond acceptors (Lipinski definition) is 3. The van der Waals surface area contributed by atoms with Gasteiger partial charge in [-0.25, -0.2) is 0 Å². The van der Waals surface area contributed by atoms with Crippen molar-refractivity contribution in [2.45, 2.75) is 39.3 Å². The Morgan fingerprint density at radius 1 is 1.64 bits per heavy atom. The third kappa shape index (κ3) is 4.11. The van der Waals surface area contributed by atoms with Gasteiger partial charge in [0.15, 0.2) is 0 Å². The van der Waals surface area contributed by atoms with Crippen LogP contribution in [0, 0.1) is 0 Å². The summed E-state index contributed by atoms with van der Waals surface area (Å²) in [6.07, 6.45) is 1.02. The summed E-state index contributed by atoms with van der Waals surface area (Å²) < 4.78 is 0. The molecule has 11 heavy (non-hydrogen) atoms. The third-order valence-corrected chi connectivity index (χ3v) is 1.82. The van der Waals surface area contributed by atoms with Crippen molar-refractivity contribution in [1.29, 1.82) is 0 Å². The van der Waals surface area contributed by atoms with E-state index in [2.05, 4.69) is 12.2 Å². The Labute approximate surface area is 68.3 Å². The van der Waals surface area contributed by atoms with E-state index < -0.39 is 0 Å². The molecule has 2 atom stereocenters. The second-order valence-electron chi connectivity index (χ2n) is 2.87. The molecule has 0 aliphatic heterocycles. The van der Waals surface area contributed by atoms with Gasteiger partial charge in [0.25, 0.3) is 0 Å². The molecule has 3 N–H and O–H groups in total. The van der Waals surface area contributed by atoms with Crippen LogP contribution in [0.3, 0.4) is 0 Å². The van der Waals surface area contributed by atoms with Crippen molar-refractivity contribution in [3.63, 3.8) is 0 Å². The first-order valence-corrected chi connectivity index (χ1v) is 4.08. The summed E-state index contributed by atoms with van der Waals surface area (Å²) >= 11 is 0. The van der Waals surface area contributed by atoms with Crippen LogP contribution in [0.4, 0.5) is 0 Å². The van der Waals surface area contributed by atoms with Crippen molar-refractivity contribution in [2.75, 3.05) is 6.54 Å². The number of rotatable bonds is 5. The maximum atomic E-state index is 10.9. The van der Waals surface area contributed by atoms with Crippen LogP contribution in [0.2, 0.25) is 0 Å². The summed E-state index contributed by atoms with van der Waals surface area (Å²) in [4.78, 5) is 10.9. The van der Waals surface area contributed by atoms with E-state index in [0.29, 0.717) is 12.6 Å². The number of Topliss-reactive ketones (excluding diaryl/α,β-unsaturated/α-hetero) is 1. The van der Waals surface area contributed by atoms with Gasteiger partial charge < -0.3 is 11.1 Å². The molecule has 0 rings (SSSR count). The van der Waals surface area contributed by atoms with Crippen molar-refractivity contribution in [1.82, 2.24) is 5.32 Å². The van der Waals surface area contributed by atoms with E-state index in [-0.39, 0.29) is 11.8 Å². The molecular formula is C8H18N2O. The SMILES string of the molecule is CCC(C)NC(CN)C(C)=O. The van der Waals surface area contributed by atoms with Crippen LogP contribution in [0.5, 0.6) is 0 Å². The van der Waals surface area contributed by atoms with Crippen molar-refractivity contribution < 1.29 is 4.79 Å². The zero-order valence-corrected chi connectivity index (χ0v) is 7.55. The first-order valence-electron chi connectivity index (χ1n) is 4.08. The number of carbonyl (C=O) groups excluding carboxylic acids is 1. The summed E-state index contributed by atoms with van der Waals surface area (Å²) in [5, 5.41) is 3.14. The van der Waals surface area contributed by atoms with E-state index in [1.807, 2.05) is 6.92 Å². The zero-order valence-electron chi connectivity index (χ0n) is 7.55. The Bertz CT molecular complexity index is 125. The number of hydrogen-bond donors (Lipinski definition) is 2. The Kier molecular flexibility index (Phi) is 5.07. The molecule has 0 saturated heterocycles. The van der Waals surface area contributed by atoms with Gasteiger partial charge in [-0.05, 0) is 20.3 Å². The maximum Gasteiger partial charge on any atom is 0.147 e. The molecule has 0 heterocycles. The summed E-state index contributed by atoms with van der Waals surface area (Å²) in [5.74, 6) is 0.118. The highest BCUT2D eigenvalue weighted by molar-refractivity contribution is 5.81. The van der Waals surface area contributed by atoms with E-state index in [9.17, 15) is 4.79 Å². The van der Waals surface area contributed by atoms with Gasteiger partial charge in [0, 0.05) is 12.6 Å². The van der Waals surface area contributed by atoms with E-state index in [1.54, 1.807) is 6.92 Å². The largest absolute Gasteiger partial charge is 0.328 e. The quantitative estimate of drug-likeness (QED) is 0.604. The van der Waals surface area contributed by atoms with Crippen molar-refractivity contribution in [3.8, 4) is 0 Å². The highest BCUT2D eigenvalue weighted by Crippen LogP contribution is 1.91. The predicted octanol–water partition coefficient (Wildman–Crippen LogP) is 0.291. The van der Waals surface area contributed by atoms with Crippen LogP contribution in [-0.2, 0) is 4.79 Å². The lowest BCUT2D eigenvalue weighted by Crippen LogP contribution is -2.45. The number of nitrogens with two attached hydrogens (primary N) is 1. The molecule has 0 bridgehead atoms. The number of ketones is 1. The topological polar surface area (TPSA) is 55.1 Å². The molecule has 0 aromatic carbocycles. The van der Waals surface area contributed by atoms with Crippen LogP contribution < -0.4 is 11.1 Å². The maximum absolute atomic E-state index is 10.9. The van der Waals surface area contributed by atoms with Gasteiger partial charge in [-0.2, -0.15) is 0 Å². The molecule has 0 fully saturated rings. The molecule has 3 heteroatoms. The summed E-state index contributed by atoms with van der Waals surface area (Å²) in [7, 11) is 0. The monoisotopic (exact) mass is 158 g/mol. The second-order valence-corrected chi connectivity index (χ2v) is 2.87. The fourth-order valence-corrected chi connectivity index (χ4v) is 0.813. The smallest absolute Gasteiger partial charge is 0.147 e. The lowest BCUT2D eigenvalue weighted by Gasteiger charge is -2.18. The van der Waals surface area contributed by atoms with Crippen molar-refractivity contribution >= 4 is 5.78 Å². The molecule has 0 radical (unpaired) electrons. The molecule has 3 nitrogen and oxygen atoms in total. The van der Waals surface area contributed by atoms with E-state index in [4.69, 9.17) is 5.73 Å². The van der Waals surface area contributed by atoms with Crippen LogP contribution in [-0.4, -0.2) is 24.4 Å². The molecule has 0 aliphatic rings. The molecule has 66 valence electrons. The summed E-state index contributed by atoms with van der Waals surface area (Å²) in [6, 6.07) is 0.206. The van der Waals surface area contributed by atoms with Gasteiger partial charge in [-0.1, -0.05) is 6.92 Å². The second kappa shape index (κ2) is 5.27. The molecule has 0 aromatic rings. The summed E-state index contributed by atoms with van der Waals surface area (Å²) in [5.41, 5.74) is 5.39. The lowest BCUT2D eigenvalue weighted by molar-refractivity contribution is -0.118. The van der Waals surface area contributed by atoms with Crippen molar-refractivity contribution in [2.24, 2.45) is 5.73 Å². The van der Waals surface area contributed by atoms with E-state index in [0.717, 1.165) is 6.42 Å². The van der Waals surface area contributed by atoms with Gasteiger partial charge in [0.05, 0.1) is 6.04 Å². The lowest BCUT2D eigenvalue weighted by atomic mass is 10.1. The molecule has 0 spiro atoms. The Morgan fingerprint density at radius 2 is 2.18 bits per heavy atom. The minimum absolute atomic E-state index is 0.118. The average molecular weight is 158 g/mol. The standard InChI is InChI=1S/C8H18N2O/c1-4-6(2)10-8(5-9)7(3)11/h6,8,10H,4-5,9H2,1-3H3. The highest BCUT2D eigenvalue weighted by atomic mass is 16.1. The van der Waals surface area contributed by atoms with Gasteiger partial charge in [0.2, 0.25) is 0 Å². The van der Waals surface area contributed by atoms with Crippen LogP contribution in [0.15, 0.2) is 0 Å². The van der Waals surface area contributed by atoms with Crippen molar-refractivity contribution in [3.05, 3.63) is 0 Å². The molecule has 0 amide bonds. The highest BCUT2D eigenvalue weighted by Gasteiger charge is 2.12. The Morgan fingerprint density at radius 3 is 2.45 bits per heavy atom. The average Bonchev–Trinajstić information content (AvgIpc) is 1.99. The van der Waals surface area contributed by atoms with E-state index in [1.165, 1.54) is 0 Å². The zero-order chi connectivity index (χ0) is 8.85. The van der Waals surface area contributed by atoms with Crippen LogP contribution >= 0.6 is 0 Å². The van der Waals surface area contributed by atoms with Gasteiger partial charge >= 0.3 is 0 Å². The first-order chi connectivity index (χ1) is 5.11.